The van der Waals surface area contributed by atoms with Gasteiger partial charge in [-0.25, -0.2) is 0 Å². The lowest BCUT2D eigenvalue weighted by molar-refractivity contribution is 0.357. The van der Waals surface area contributed by atoms with Gasteiger partial charge in [-0.3, -0.25) is 0 Å². The summed E-state index contributed by atoms with van der Waals surface area (Å²) in [5, 5.41) is 0.610. The van der Waals surface area contributed by atoms with Gasteiger partial charge in [-0.1, -0.05) is 6.92 Å². The van der Waals surface area contributed by atoms with E-state index in [9.17, 15) is 0 Å². The zero-order chi connectivity index (χ0) is 10.7. The first kappa shape index (κ1) is 11.1. The molecule has 0 saturated heterocycles. The minimum absolute atomic E-state index is 0.376. The van der Waals surface area contributed by atoms with E-state index in [1.54, 1.807) is 6.26 Å². The maximum absolute atomic E-state index is 6.13. The second-order valence-corrected chi connectivity index (χ2v) is 5.74. The summed E-state index contributed by atoms with van der Waals surface area (Å²) < 4.78 is 5.32. The molecular formula is C12H19NOS. The third kappa shape index (κ3) is 3.02. The average molecular weight is 225 g/mol. The van der Waals surface area contributed by atoms with E-state index >= 15 is 0 Å². The van der Waals surface area contributed by atoms with E-state index < -0.39 is 0 Å². The van der Waals surface area contributed by atoms with Crippen LogP contribution in [0.5, 0.6) is 0 Å². The molecule has 0 aliphatic heterocycles. The van der Waals surface area contributed by atoms with Crippen molar-refractivity contribution in [2.45, 2.75) is 43.2 Å². The normalized spacial score (nSPS) is 31.7. The van der Waals surface area contributed by atoms with E-state index in [-0.39, 0.29) is 0 Å². The SMILES string of the molecule is CC1CCC(N)C(SCc2ccco2)C1. The Morgan fingerprint density at radius 1 is 1.53 bits per heavy atom. The Morgan fingerprint density at radius 3 is 3.13 bits per heavy atom. The van der Waals surface area contributed by atoms with Crippen molar-refractivity contribution in [2.75, 3.05) is 0 Å². The predicted molar refractivity (Wildman–Crippen MR) is 64.8 cm³/mol. The second-order valence-electron chi connectivity index (χ2n) is 4.51. The van der Waals surface area contributed by atoms with Crippen molar-refractivity contribution in [3.8, 4) is 0 Å². The molecule has 1 fully saturated rings. The van der Waals surface area contributed by atoms with Crippen LogP contribution in [0, 0.1) is 5.92 Å². The smallest absolute Gasteiger partial charge is 0.113 e. The first-order chi connectivity index (χ1) is 7.25. The zero-order valence-corrected chi connectivity index (χ0v) is 10.0. The van der Waals surface area contributed by atoms with Crippen LogP contribution >= 0.6 is 11.8 Å². The highest BCUT2D eigenvalue weighted by Gasteiger charge is 2.26. The van der Waals surface area contributed by atoms with E-state index in [1.807, 2.05) is 23.9 Å². The molecule has 0 bridgehead atoms. The van der Waals surface area contributed by atoms with Crippen molar-refractivity contribution < 1.29 is 4.42 Å². The Balaban J connectivity index is 1.82. The van der Waals surface area contributed by atoms with Crippen LogP contribution in [0.25, 0.3) is 0 Å². The van der Waals surface area contributed by atoms with Gasteiger partial charge in [-0.2, -0.15) is 0 Å². The monoisotopic (exact) mass is 225 g/mol. The number of furan rings is 1. The van der Waals surface area contributed by atoms with Crippen LogP contribution in [0.2, 0.25) is 0 Å². The maximum Gasteiger partial charge on any atom is 0.113 e. The van der Waals surface area contributed by atoms with Crippen molar-refractivity contribution in [1.82, 2.24) is 0 Å². The Morgan fingerprint density at radius 2 is 2.40 bits per heavy atom. The van der Waals surface area contributed by atoms with Crippen LogP contribution in [-0.4, -0.2) is 11.3 Å². The third-order valence-corrected chi connectivity index (χ3v) is 4.55. The molecule has 2 nitrogen and oxygen atoms in total. The molecule has 2 N–H and O–H groups in total. The zero-order valence-electron chi connectivity index (χ0n) is 9.19. The lowest BCUT2D eigenvalue weighted by atomic mass is 9.87. The molecule has 84 valence electrons. The van der Waals surface area contributed by atoms with Crippen molar-refractivity contribution >= 4 is 11.8 Å². The molecule has 1 aliphatic carbocycles. The fraction of sp³-hybridized carbons (Fsp3) is 0.667. The van der Waals surface area contributed by atoms with E-state index in [4.69, 9.17) is 10.2 Å². The summed E-state index contributed by atoms with van der Waals surface area (Å²) in [5.41, 5.74) is 6.13. The standard InChI is InChI=1S/C12H19NOS/c1-9-4-5-11(13)12(7-9)15-8-10-3-2-6-14-10/h2-3,6,9,11-12H,4-5,7-8,13H2,1H3. The summed E-state index contributed by atoms with van der Waals surface area (Å²) in [5.74, 6) is 2.85. The van der Waals surface area contributed by atoms with Crippen LogP contribution in [0.4, 0.5) is 0 Å². The Bertz CT molecular complexity index is 286. The molecule has 1 aliphatic rings. The van der Waals surface area contributed by atoms with Gasteiger partial charge in [0.1, 0.15) is 5.76 Å². The van der Waals surface area contributed by atoms with Gasteiger partial charge in [0.25, 0.3) is 0 Å². The van der Waals surface area contributed by atoms with Crippen molar-refractivity contribution in [2.24, 2.45) is 11.7 Å². The highest BCUT2D eigenvalue weighted by molar-refractivity contribution is 7.99. The van der Waals surface area contributed by atoms with Gasteiger partial charge in [0.2, 0.25) is 0 Å². The Hall–Kier alpha value is -0.410. The molecule has 3 heteroatoms. The maximum atomic E-state index is 6.13. The molecular weight excluding hydrogens is 206 g/mol. The highest BCUT2D eigenvalue weighted by atomic mass is 32.2. The van der Waals surface area contributed by atoms with E-state index in [1.165, 1.54) is 19.3 Å². The molecule has 0 aromatic carbocycles. The van der Waals surface area contributed by atoms with Crippen molar-refractivity contribution in [1.29, 1.82) is 0 Å². The molecule has 2 rings (SSSR count). The van der Waals surface area contributed by atoms with E-state index in [0.717, 1.165) is 17.4 Å². The largest absolute Gasteiger partial charge is 0.468 e. The van der Waals surface area contributed by atoms with Crippen LogP contribution in [0.3, 0.4) is 0 Å². The van der Waals surface area contributed by atoms with Gasteiger partial charge >= 0.3 is 0 Å². The summed E-state index contributed by atoms with van der Waals surface area (Å²) in [6, 6.07) is 4.35. The Kier molecular flexibility index (Phi) is 3.76. The van der Waals surface area contributed by atoms with Crippen LogP contribution in [-0.2, 0) is 5.75 Å². The number of hydrogen-bond acceptors (Lipinski definition) is 3. The Labute approximate surface area is 95.6 Å². The van der Waals surface area contributed by atoms with E-state index in [0.29, 0.717) is 11.3 Å². The summed E-state index contributed by atoms with van der Waals surface area (Å²) in [6.07, 6.45) is 5.46. The molecule has 0 spiro atoms. The topological polar surface area (TPSA) is 39.2 Å². The fourth-order valence-electron chi connectivity index (χ4n) is 2.13. The third-order valence-electron chi connectivity index (χ3n) is 3.12. The lowest BCUT2D eigenvalue weighted by Gasteiger charge is -2.31. The number of rotatable bonds is 3. The summed E-state index contributed by atoms with van der Waals surface area (Å²) in [4.78, 5) is 0. The minimum Gasteiger partial charge on any atom is -0.468 e. The first-order valence-electron chi connectivity index (χ1n) is 5.65. The summed E-state index contributed by atoms with van der Waals surface area (Å²) in [7, 11) is 0. The van der Waals surface area contributed by atoms with Crippen LogP contribution in [0.15, 0.2) is 22.8 Å². The fourth-order valence-corrected chi connectivity index (χ4v) is 3.52. The molecule has 3 atom stereocenters. The van der Waals surface area contributed by atoms with Gasteiger partial charge in [-0.15, -0.1) is 11.8 Å². The molecule has 1 heterocycles. The van der Waals surface area contributed by atoms with Crippen LogP contribution < -0.4 is 5.73 Å². The molecule has 0 amide bonds. The first-order valence-corrected chi connectivity index (χ1v) is 6.70. The van der Waals surface area contributed by atoms with Gasteiger partial charge in [0, 0.05) is 11.3 Å². The summed E-state index contributed by atoms with van der Waals surface area (Å²) in [6.45, 7) is 2.33. The molecule has 0 radical (unpaired) electrons. The number of nitrogens with two attached hydrogens (primary N) is 1. The molecule has 1 aromatic rings. The van der Waals surface area contributed by atoms with Crippen molar-refractivity contribution in [3.63, 3.8) is 0 Å². The minimum atomic E-state index is 0.376. The highest BCUT2D eigenvalue weighted by Crippen LogP contribution is 2.32. The van der Waals surface area contributed by atoms with Gasteiger partial charge in [-0.05, 0) is 37.3 Å². The average Bonchev–Trinajstić information content (AvgIpc) is 2.72. The second kappa shape index (κ2) is 5.08. The number of hydrogen-bond donors (Lipinski definition) is 1. The molecule has 15 heavy (non-hydrogen) atoms. The number of thioether (sulfide) groups is 1. The predicted octanol–water partition coefficient (Wildman–Crippen LogP) is 3.03. The molecule has 1 saturated carbocycles. The van der Waals surface area contributed by atoms with Gasteiger partial charge in [0.05, 0.1) is 12.0 Å². The molecule has 3 unspecified atom stereocenters. The van der Waals surface area contributed by atoms with Gasteiger partial charge in [0.15, 0.2) is 0 Å². The quantitative estimate of drug-likeness (QED) is 0.859. The lowest BCUT2D eigenvalue weighted by Crippen LogP contribution is -2.37. The van der Waals surface area contributed by atoms with Gasteiger partial charge < -0.3 is 10.2 Å². The van der Waals surface area contributed by atoms with Crippen LogP contribution in [0.1, 0.15) is 31.9 Å². The van der Waals surface area contributed by atoms with Crippen molar-refractivity contribution in [3.05, 3.63) is 24.2 Å². The van der Waals surface area contributed by atoms with E-state index in [2.05, 4.69) is 6.92 Å². The summed E-state index contributed by atoms with van der Waals surface area (Å²) >= 11 is 1.95. The molecule has 1 aromatic heterocycles.